The molecule has 2 atom stereocenters. The molecule has 1 aromatic heterocycles. The van der Waals surface area contributed by atoms with Crippen LogP contribution in [0.3, 0.4) is 0 Å². The van der Waals surface area contributed by atoms with Gasteiger partial charge in [-0.3, -0.25) is 4.79 Å². The molecule has 1 aromatic carbocycles. The molecule has 4 nitrogen and oxygen atoms in total. The number of carbonyl (C=O) groups excluding carboxylic acids is 1. The quantitative estimate of drug-likeness (QED) is 0.868. The summed E-state index contributed by atoms with van der Waals surface area (Å²) in [7, 11) is 0. The summed E-state index contributed by atoms with van der Waals surface area (Å²) < 4.78 is 38.8. The Balaban J connectivity index is 0.00000102. The molecule has 4 rings (SSSR count). The van der Waals surface area contributed by atoms with Gasteiger partial charge in [0.25, 0.3) is 6.43 Å². The van der Waals surface area contributed by atoms with Crippen LogP contribution in [0, 0.1) is 5.82 Å². The Morgan fingerprint density at radius 1 is 1.30 bits per heavy atom. The maximum atomic E-state index is 14.0. The zero-order valence-corrected chi connectivity index (χ0v) is 15.3. The van der Waals surface area contributed by atoms with E-state index in [2.05, 4.69) is 15.5 Å². The average molecular weight is 377 g/mol. The number of hydrogen-bond acceptors (Lipinski definition) is 3. The molecular weight excluding hydrogens is 355 g/mol. The fourth-order valence-corrected chi connectivity index (χ4v) is 4.07. The van der Waals surface area contributed by atoms with E-state index in [0.29, 0.717) is 29.8 Å². The number of fused-ring (bicyclic) bond motifs is 5. The first kappa shape index (κ1) is 19.3. The predicted molar refractivity (Wildman–Crippen MR) is 96.1 cm³/mol. The van der Waals surface area contributed by atoms with E-state index in [0.717, 1.165) is 12.0 Å². The van der Waals surface area contributed by atoms with Crippen LogP contribution in [0.15, 0.2) is 30.3 Å². The SMILES string of the molecule is CC.O=C(NCC(F)F)[C@@]12CC[C@@H](C1)c1cc(-c3ccccc3F)nnc12. The lowest BCUT2D eigenvalue weighted by atomic mass is 9.82. The largest absolute Gasteiger partial charge is 0.350 e. The van der Waals surface area contributed by atoms with E-state index in [1.807, 2.05) is 13.8 Å². The van der Waals surface area contributed by atoms with Gasteiger partial charge >= 0.3 is 0 Å². The number of benzene rings is 1. The Hall–Kier alpha value is -2.44. The summed E-state index contributed by atoms with van der Waals surface area (Å²) in [6, 6.07) is 8.09. The monoisotopic (exact) mass is 377 g/mol. The van der Waals surface area contributed by atoms with Crippen molar-refractivity contribution in [3.63, 3.8) is 0 Å². The van der Waals surface area contributed by atoms with E-state index in [9.17, 15) is 18.0 Å². The van der Waals surface area contributed by atoms with Gasteiger partial charge in [0.2, 0.25) is 5.91 Å². The summed E-state index contributed by atoms with van der Waals surface area (Å²) in [5, 5.41) is 10.6. The zero-order valence-electron chi connectivity index (χ0n) is 15.3. The number of halogens is 3. The Kier molecular flexibility index (Phi) is 5.48. The van der Waals surface area contributed by atoms with Crippen LogP contribution in [0.2, 0.25) is 0 Å². The van der Waals surface area contributed by atoms with Crippen LogP contribution in [0.4, 0.5) is 13.2 Å². The van der Waals surface area contributed by atoms with Gasteiger partial charge < -0.3 is 5.32 Å². The number of alkyl halides is 2. The molecule has 0 aliphatic heterocycles. The normalized spacial score (nSPS) is 22.2. The van der Waals surface area contributed by atoms with Crippen LogP contribution in [-0.4, -0.2) is 29.1 Å². The molecule has 0 radical (unpaired) electrons. The first-order valence-electron chi connectivity index (χ1n) is 9.21. The van der Waals surface area contributed by atoms with E-state index < -0.39 is 24.3 Å². The van der Waals surface area contributed by atoms with E-state index >= 15 is 0 Å². The van der Waals surface area contributed by atoms with Gasteiger partial charge in [-0.15, -0.1) is 0 Å². The summed E-state index contributed by atoms with van der Waals surface area (Å²) in [6.07, 6.45) is -0.675. The van der Waals surface area contributed by atoms with E-state index in [1.54, 1.807) is 24.3 Å². The number of aromatic nitrogens is 2. The standard InChI is InChI=1S/C18H16F3N3O.C2H6/c19-13-4-2-1-3-11(13)14-7-12-10-5-6-18(8-10,16(12)24-23-14)17(25)22-9-15(20)21;1-2/h1-4,7,10,15H,5-6,8-9H2,(H,22,25);1-2H3/t10-,18-;/m0./s1. The summed E-state index contributed by atoms with van der Waals surface area (Å²) in [5.41, 5.74) is 1.34. The van der Waals surface area contributed by atoms with Gasteiger partial charge in [-0.1, -0.05) is 26.0 Å². The van der Waals surface area contributed by atoms with E-state index in [-0.39, 0.29) is 11.7 Å². The van der Waals surface area contributed by atoms with Crippen LogP contribution < -0.4 is 5.32 Å². The van der Waals surface area contributed by atoms with Crippen molar-refractivity contribution in [1.29, 1.82) is 0 Å². The van der Waals surface area contributed by atoms with Crippen molar-refractivity contribution in [2.75, 3.05) is 6.54 Å². The summed E-state index contributed by atoms with van der Waals surface area (Å²) in [5.74, 6) is -0.667. The smallest absolute Gasteiger partial charge is 0.255 e. The molecule has 0 unspecified atom stereocenters. The molecule has 2 bridgehead atoms. The number of nitrogens with one attached hydrogen (secondary N) is 1. The minimum Gasteiger partial charge on any atom is -0.350 e. The highest BCUT2D eigenvalue weighted by molar-refractivity contribution is 5.90. The predicted octanol–water partition coefficient (Wildman–Crippen LogP) is 4.21. The Labute approximate surface area is 156 Å². The minimum absolute atomic E-state index is 0.133. The van der Waals surface area contributed by atoms with Crippen molar-refractivity contribution in [2.45, 2.75) is 50.9 Å². The molecule has 1 amide bonds. The molecule has 0 saturated heterocycles. The first-order chi connectivity index (χ1) is 13.0. The highest BCUT2D eigenvalue weighted by atomic mass is 19.3. The molecule has 27 heavy (non-hydrogen) atoms. The highest BCUT2D eigenvalue weighted by Crippen LogP contribution is 2.56. The van der Waals surface area contributed by atoms with Gasteiger partial charge in [-0.05, 0) is 48.9 Å². The highest BCUT2D eigenvalue weighted by Gasteiger charge is 2.55. The third-order valence-electron chi connectivity index (χ3n) is 5.23. The van der Waals surface area contributed by atoms with Crippen LogP contribution in [0.25, 0.3) is 11.3 Å². The van der Waals surface area contributed by atoms with Crippen LogP contribution in [0.5, 0.6) is 0 Å². The fourth-order valence-electron chi connectivity index (χ4n) is 4.07. The van der Waals surface area contributed by atoms with Gasteiger partial charge in [0.1, 0.15) is 5.82 Å². The number of hydrogen-bond donors (Lipinski definition) is 1. The molecule has 1 fully saturated rings. The molecule has 7 heteroatoms. The number of amides is 1. The van der Waals surface area contributed by atoms with Gasteiger partial charge in [-0.2, -0.15) is 10.2 Å². The van der Waals surface area contributed by atoms with Gasteiger partial charge in [-0.25, -0.2) is 13.2 Å². The van der Waals surface area contributed by atoms with Gasteiger partial charge in [0.05, 0.1) is 23.3 Å². The molecule has 2 aromatic rings. The minimum atomic E-state index is -2.59. The Morgan fingerprint density at radius 2 is 2.04 bits per heavy atom. The molecule has 1 N–H and O–H groups in total. The molecule has 1 saturated carbocycles. The van der Waals surface area contributed by atoms with Crippen LogP contribution in [0.1, 0.15) is 50.3 Å². The summed E-state index contributed by atoms with van der Waals surface area (Å²) >= 11 is 0. The second-order valence-corrected chi connectivity index (χ2v) is 6.64. The van der Waals surface area contributed by atoms with Crippen molar-refractivity contribution in [2.24, 2.45) is 0 Å². The van der Waals surface area contributed by atoms with Crippen molar-refractivity contribution >= 4 is 5.91 Å². The van der Waals surface area contributed by atoms with E-state index in [4.69, 9.17) is 0 Å². The maximum Gasteiger partial charge on any atom is 0.255 e. The lowest BCUT2D eigenvalue weighted by Crippen LogP contribution is -2.44. The Morgan fingerprint density at radius 3 is 2.74 bits per heavy atom. The van der Waals surface area contributed by atoms with Crippen molar-refractivity contribution in [3.8, 4) is 11.3 Å². The fraction of sp³-hybridized carbons (Fsp3) is 0.450. The molecular formula is C20H22F3N3O. The maximum absolute atomic E-state index is 14.0. The second-order valence-electron chi connectivity index (χ2n) is 6.64. The number of nitrogens with zero attached hydrogens (tertiary/aromatic N) is 2. The first-order valence-corrected chi connectivity index (χ1v) is 9.21. The summed E-state index contributed by atoms with van der Waals surface area (Å²) in [4.78, 5) is 12.5. The number of rotatable bonds is 4. The van der Waals surface area contributed by atoms with Gasteiger partial charge in [0.15, 0.2) is 0 Å². The van der Waals surface area contributed by atoms with Crippen molar-refractivity contribution in [1.82, 2.24) is 15.5 Å². The third kappa shape index (κ3) is 3.31. The number of carbonyl (C=O) groups is 1. The Bertz CT molecular complexity index is 843. The molecule has 144 valence electrons. The van der Waals surface area contributed by atoms with Crippen LogP contribution in [-0.2, 0) is 10.2 Å². The summed E-state index contributed by atoms with van der Waals surface area (Å²) in [6.45, 7) is 3.33. The molecule has 1 heterocycles. The molecule has 0 spiro atoms. The van der Waals surface area contributed by atoms with E-state index in [1.165, 1.54) is 6.07 Å². The van der Waals surface area contributed by atoms with Crippen LogP contribution >= 0.6 is 0 Å². The lowest BCUT2D eigenvalue weighted by Gasteiger charge is -2.26. The molecule has 2 aliphatic carbocycles. The topological polar surface area (TPSA) is 54.9 Å². The van der Waals surface area contributed by atoms with Gasteiger partial charge in [0, 0.05) is 5.56 Å². The zero-order chi connectivity index (χ0) is 19.6. The lowest BCUT2D eigenvalue weighted by molar-refractivity contribution is -0.127. The van der Waals surface area contributed by atoms with Crippen molar-refractivity contribution < 1.29 is 18.0 Å². The molecule has 2 aliphatic rings. The third-order valence-corrected chi connectivity index (χ3v) is 5.23. The second kappa shape index (κ2) is 7.66. The average Bonchev–Trinajstić information content (AvgIpc) is 3.26. The van der Waals surface area contributed by atoms with Crippen molar-refractivity contribution in [3.05, 3.63) is 47.4 Å².